The van der Waals surface area contributed by atoms with Crippen molar-refractivity contribution in [1.82, 2.24) is 4.57 Å². The third kappa shape index (κ3) is 1.58. The zero-order valence-corrected chi connectivity index (χ0v) is 8.73. The maximum Gasteiger partial charge on any atom is 0.335 e. The zero-order chi connectivity index (χ0) is 11.9. The molecule has 0 amide bonds. The number of carbonyl (C=O) groups is 2. The van der Waals surface area contributed by atoms with E-state index in [1.54, 1.807) is 0 Å². The van der Waals surface area contributed by atoms with E-state index in [0.717, 1.165) is 10.6 Å². The number of hydrogen-bond acceptors (Lipinski definition) is 4. The number of pyridine rings is 1. The average molecular weight is 241 g/mol. The van der Waals surface area contributed by atoms with Crippen LogP contribution in [0.25, 0.3) is 0 Å². The van der Waals surface area contributed by atoms with E-state index in [-0.39, 0.29) is 11.3 Å². The fourth-order valence-electron chi connectivity index (χ4n) is 1.52. The summed E-state index contributed by atoms with van der Waals surface area (Å²) in [5, 5.41) is 18.0. The first kappa shape index (κ1) is 10.7. The van der Waals surface area contributed by atoms with Gasteiger partial charge in [-0.2, -0.15) is 0 Å². The number of hydrogen-bond donors (Lipinski definition) is 2. The minimum absolute atomic E-state index is 0.116. The monoisotopic (exact) mass is 241 g/mol. The molecule has 2 heterocycles. The van der Waals surface area contributed by atoms with Crippen LogP contribution in [0, 0.1) is 0 Å². The predicted molar refractivity (Wildman–Crippen MR) is 55.1 cm³/mol. The van der Waals surface area contributed by atoms with Crippen LogP contribution in [0.15, 0.2) is 22.0 Å². The molecule has 0 unspecified atom stereocenters. The van der Waals surface area contributed by atoms with E-state index >= 15 is 0 Å². The van der Waals surface area contributed by atoms with Crippen LogP contribution in [-0.4, -0.2) is 32.5 Å². The molecule has 1 aromatic rings. The van der Waals surface area contributed by atoms with Gasteiger partial charge in [0.05, 0.1) is 10.6 Å². The Labute approximate surface area is 93.5 Å². The molecule has 0 fully saturated rings. The van der Waals surface area contributed by atoms with Crippen LogP contribution in [-0.2, 0) is 4.79 Å². The lowest BCUT2D eigenvalue weighted by molar-refractivity contribution is -0.140. The number of carboxylic acids is 2. The molecule has 2 rings (SSSR count). The van der Waals surface area contributed by atoms with E-state index in [1.807, 2.05) is 0 Å². The Hall–Kier alpha value is -1.76. The van der Waals surface area contributed by atoms with Crippen LogP contribution in [0.3, 0.4) is 0 Å². The van der Waals surface area contributed by atoms with Gasteiger partial charge < -0.3 is 10.2 Å². The number of carboxylic acid groups (broad SMARTS) is 2. The van der Waals surface area contributed by atoms with E-state index in [9.17, 15) is 14.4 Å². The fourth-order valence-corrected chi connectivity index (χ4v) is 2.70. The first-order valence-corrected chi connectivity index (χ1v) is 5.35. The van der Waals surface area contributed by atoms with Gasteiger partial charge in [-0.1, -0.05) is 0 Å². The van der Waals surface area contributed by atoms with Gasteiger partial charge in [0.1, 0.15) is 6.04 Å². The Balaban J connectivity index is 2.59. The van der Waals surface area contributed by atoms with Crippen LogP contribution in [0.5, 0.6) is 0 Å². The second kappa shape index (κ2) is 3.67. The molecule has 1 atom stereocenters. The second-order valence-corrected chi connectivity index (χ2v) is 4.30. The number of thioether (sulfide) groups is 1. The van der Waals surface area contributed by atoms with Crippen molar-refractivity contribution in [3.63, 3.8) is 0 Å². The summed E-state index contributed by atoms with van der Waals surface area (Å²) in [6, 6.07) is 1.35. The van der Waals surface area contributed by atoms with Crippen LogP contribution >= 0.6 is 11.8 Å². The molecule has 0 bridgehead atoms. The van der Waals surface area contributed by atoms with Crippen molar-refractivity contribution in [2.75, 3.05) is 5.75 Å². The summed E-state index contributed by atoms with van der Waals surface area (Å²) in [6.45, 7) is 0. The third-order valence-corrected chi connectivity index (χ3v) is 3.36. The maximum absolute atomic E-state index is 11.6. The molecule has 7 heteroatoms. The summed E-state index contributed by atoms with van der Waals surface area (Å²) in [5.74, 6) is -2.04. The molecule has 0 radical (unpaired) electrons. The minimum Gasteiger partial charge on any atom is -0.480 e. The van der Waals surface area contributed by atoms with Gasteiger partial charge in [-0.3, -0.25) is 9.36 Å². The van der Waals surface area contributed by atoms with E-state index in [2.05, 4.69) is 0 Å². The molecule has 1 aliphatic heterocycles. The minimum atomic E-state index is -1.19. The molecular weight excluding hydrogens is 234 g/mol. The number of aliphatic carboxylic acids is 1. The zero-order valence-electron chi connectivity index (χ0n) is 7.91. The summed E-state index contributed by atoms with van der Waals surface area (Å²) < 4.78 is 1.11. The highest BCUT2D eigenvalue weighted by atomic mass is 32.2. The molecule has 0 saturated carbocycles. The first-order chi connectivity index (χ1) is 7.50. The summed E-state index contributed by atoms with van der Waals surface area (Å²) in [6.07, 6.45) is 0. The molecule has 0 saturated heterocycles. The number of aromatic carboxylic acids is 1. The van der Waals surface area contributed by atoms with Gasteiger partial charge >= 0.3 is 11.9 Å². The molecule has 16 heavy (non-hydrogen) atoms. The maximum atomic E-state index is 11.6. The Kier molecular flexibility index (Phi) is 2.47. The van der Waals surface area contributed by atoms with Crippen molar-refractivity contribution >= 4 is 23.7 Å². The molecule has 84 valence electrons. The Morgan fingerprint density at radius 1 is 1.38 bits per heavy atom. The molecule has 0 aliphatic carbocycles. The highest BCUT2D eigenvalue weighted by molar-refractivity contribution is 7.99. The van der Waals surface area contributed by atoms with Gasteiger partial charge in [-0.25, -0.2) is 9.59 Å². The Bertz CT molecular complexity index is 535. The van der Waals surface area contributed by atoms with E-state index in [0.29, 0.717) is 5.03 Å². The summed E-state index contributed by atoms with van der Waals surface area (Å²) >= 11 is 1.17. The van der Waals surface area contributed by atoms with Crippen LogP contribution in [0.2, 0.25) is 0 Å². The normalized spacial score (nSPS) is 18.1. The lowest BCUT2D eigenvalue weighted by atomic mass is 10.2. The number of aromatic nitrogens is 1. The Morgan fingerprint density at radius 2 is 2.06 bits per heavy atom. The van der Waals surface area contributed by atoms with E-state index < -0.39 is 23.5 Å². The van der Waals surface area contributed by atoms with Crippen molar-refractivity contribution < 1.29 is 19.8 Å². The highest BCUT2D eigenvalue weighted by Crippen LogP contribution is 2.31. The molecule has 6 nitrogen and oxygen atoms in total. The van der Waals surface area contributed by atoms with Crippen LogP contribution in [0.4, 0.5) is 0 Å². The largest absolute Gasteiger partial charge is 0.480 e. The van der Waals surface area contributed by atoms with Crippen molar-refractivity contribution in [3.8, 4) is 0 Å². The fraction of sp³-hybridized carbons (Fsp3) is 0.222. The van der Waals surface area contributed by atoms with Gasteiger partial charge in [-0.05, 0) is 6.07 Å². The van der Waals surface area contributed by atoms with Crippen LogP contribution < -0.4 is 5.56 Å². The summed E-state index contributed by atoms with van der Waals surface area (Å²) in [7, 11) is 0. The number of fused-ring (bicyclic) bond motifs is 1. The van der Waals surface area contributed by atoms with E-state index in [4.69, 9.17) is 10.2 Å². The topological polar surface area (TPSA) is 96.6 Å². The van der Waals surface area contributed by atoms with Gasteiger partial charge in [0.2, 0.25) is 0 Å². The smallest absolute Gasteiger partial charge is 0.335 e. The second-order valence-electron chi connectivity index (χ2n) is 3.26. The molecule has 0 aromatic carbocycles. The summed E-state index contributed by atoms with van der Waals surface area (Å²) in [4.78, 5) is 33.1. The average Bonchev–Trinajstić information content (AvgIpc) is 2.61. The van der Waals surface area contributed by atoms with Crippen molar-refractivity contribution in [3.05, 3.63) is 28.0 Å². The number of rotatable bonds is 2. The van der Waals surface area contributed by atoms with Crippen molar-refractivity contribution in [2.24, 2.45) is 0 Å². The highest BCUT2D eigenvalue weighted by Gasteiger charge is 2.30. The summed E-state index contributed by atoms with van der Waals surface area (Å²) in [5.41, 5.74) is -0.706. The molecule has 1 aliphatic rings. The van der Waals surface area contributed by atoms with Crippen LogP contribution in [0.1, 0.15) is 16.4 Å². The predicted octanol–water partition coefficient (Wildman–Crippen LogP) is 0.278. The quantitative estimate of drug-likeness (QED) is 0.771. The van der Waals surface area contributed by atoms with Gasteiger partial charge in [0.25, 0.3) is 5.56 Å². The SMILES string of the molecule is O=C(O)c1cc2n(c(=O)c1)[C@H](C(=O)O)CS2. The molecule has 0 spiro atoms. The molecular formula is C9H7NO5S. The third-order valence-electron chi connectivity index (χ3n) is 2.27. The van der Waals surface area contributed by atoms with Gasteiger partial charge in [0.15, 0.2) is 0 Å². The van der Waals surface area contributed by atoms with E-state index in [1.165, 1.54) is 17.8 Å². The lowest BCUT2D eigenvalue weighted by Gasteiger charge is -2.08. The van der Waals surface area contributed by atoms with Crippen molar-refractivity contribution in [1.29, 1.82) is 0 Å². The van der Waals surface area contributed by atoms with Gasteiger partial charge in [0, 0.05) is 11.8 Å². The standard InChI is InChI=1S/C9H7NO5S/c11-6-1-4(8(12)13)2-7-10(6)5(3-16-7)9(14)15/h1-2,5H,3H2,(H,12,13)(H,14,15)/t5-/m0/s1. The number of nitrogens with zero attached hydrogens (tertiary/aromatic N) is 1. The first-order valence-electron chi connectivity index (χ1n) is 4.36. The van der Waals surface area contributed by atoms with Gasteiger partial charge in [-0.15, -0.1) is 11.8 Å². The lowest BCUT2D eigenvalue weighted by Crippen LogP contribution is -2.28. The van der Waals surface area contributed by atoms with Crippen molar-refractivity contribution in [2.45, 2.75) is 11.1 Å². The molecule has 2 N–H and O–H groups in total. The Morgan fingerprint density at radius 3 is 2.62 bits per heavy atom. The molecule has 1 aromatic heterocycles.